The van der Waals surface area contributed by atoms with Gasteiger partial charge in [-0.15, -0.1) is 12.8 Å². The molecule has 0 radical (unpaired) electrons. The van der Waals surface area contributed by atoms with Gasteiger partial charge in [0.2, 0.25) is 0 Å². The fourth-order valence-electron chi connectivity index (χ4n) is 1.14. The lowest BCUT2D eigenvalue weighted by atomic mass is 10.1. The number of aliphatic imine (C=N–C) groups is 1. The fraction of sp³-hybridized carbons (Fsp3) is 0.0714. The zero-order valence-electron chi connectivity index (χ0n) is 8.98. The van der Waals surface area contributed by atoms with E-state index in [4.69, 9.17) is 0 Å². The van der Waals surface area contributed by atoms with Crippen LogP contribution in [0.2, 0.25) is 0 Å². The lowest BCUT2D eigenvalue weighted by Crippen LogP contribution is -1.80. The molecule has 0 unspecified atom stereocenters. The minimum atomic E-state index is 0.913. The van der Waals surface area contributed by atoms with Crippen molar-refractivity contribution < 1.29 is 0 Å². The fourth-order valence-corrected chi connectivity index (χ4v) is 1.14. The van der Waals surface area contributed by atoms with Gasteiger partial charge in [-0.05, 0) is 24.8 Å². The van der Waals surface area contributed by atoms with Crippen LogP contribution in [0.25, 0.3) is 11.8 Å². The van der Waals surface area contributed by atoms with E-state index in [1.165, 1.54) is 0 Å². The van der Waals surface area contributed by atoms with E-state index >= 15 is 0 Å². The quantitative estimate of drug-likeness (QED) is 0.518. The third-order valence-electron chi connectivity index (χ3n) is 1.89. The van der Waals surface area contributed by atoms with Gasteiger partial charge in [0.25, 0.3) is 0 Å². The Bertz CT molecular complexity index is 366. The zero-order chi connectivity index (χ0) is 11.7. The molecule has 0 bridgehead atoms. The summed E-state index contributed by atoms with van der Waals surface area (Å²) in [5.74, 6) is 0. The molecule has 0 fully saturated rings. The molecule has 0 heterocycles. The van der Waals surface area contributed by atoms with Gasteiger partial charge in [0.15, 0.2) is 0 Å². The summed E-state index contributed by atoms with van der Waals surface area (Å²) in [5, 5.41) is 0. The number of hydrogen-bond acceptors (Lipinski definition) is 1. The number of allylic oxidation sites excluding steroid dienone is 1. The minimum absolute atomic E-state index is 0.913. The van der Waals surface area contributed by atoms with Crippen LogP contribution in [0.15, 0.2) is 41.9 Å². The molecule has 0 aliphatic heterocycles. The van der Waals surface area contributed by atoms with Crippen molar-refractivity contribution in [2.75, 3.05) is 0 Å². The number of rotatable bonds is 3. The van der Waals surface area contributed by atoms with E-state index in [-0.39, 0.29) is 0 Å². The second-order valence-corrected chi connectivity index (χ2v) is 2.66. The summed E-state index contributed by atoms with van der Waals surface area (Å²) in [6.07, 6.45) is 11.8. The summed E-state index contributed by atoms with van der Waals surface area (Å²) >= 11 is 0. The summed E-state index contributed by atoms with van der Waals surface area (Å²) in [4.78, 5) is 3.92. The van der Waals surface area contributed by atoms with Crippen LogP contribution in [0.5, 0.6) is 0 Å². The molecule has 0 aromatic heterocycles. The molecular formula is C14H15N. The van der Waals surface area contributed by atoms with E-state index in [1.807, 2.05) is 43.3 Å². The molecule has 0 spiro atoms. The van der Waals surface area contributed by atoms with E-state index < -0.39 is 0 Å². The molecule has 1 aromatic carbocycles. The molecule has 1 rings (SSSR count). The summed E-state index contributed by atoms with van der Waals surface area (Å²) in [7, 11) is 0. The van der Waals surface area contributed by atoms with Crippen molar-refractivity contribution >= 4 is 18.5 Å². The maximum absolute atomic E-state index is 4.00. The molecule has 76 valence electrons. The Hall–Kier alpha value is -2.07. The van der Waals surface area contributed by atoms with E-state index in [9.17, 15) is 0 Å². The Morgan fingerprint density at radius 2 is 1.80 bits per heavy atom. The summed E-state index contributed by atoms with van der Waals surface area (Å²) in [5.41, 5.74) is 3.11. The third kappa shape index (κ3) is 3.66. The van der Waals surface area contributed by atoms with Gasteiger partial charge in [0.1, 0.15) is 0 Å². The second-order valence-electron chi connectivity index (χ2n) is 2.66. The lowest BCUT2D eigenvalue weighted by molar-refractivity contribution is 1.49. The van der Waals surface area contributed by atoms with Crippen molar-refractivity contribution in [1.82, 2.24) is 0 Å². The first-order valence-electron chi connectivity index (χ1n) is 4.51. The zero-order valence-corrected chi connectivity index (χ0v) is 8.98. The Balaban J connectivity index is 0.000000921. The smallest absolute Gasteiger partial charge is 0.0652 e. The number of benzene rings is 1. The number of nitrogens with zero attached hydrogens (tertiary/aromatic N) is 1. The molecule has 0 saturated carbocycles. The van der Waals surface area contributed by atoms with Gasteiger partial charge in [-0.2, -0.15) is 0 Å². The van der Waals surface area contributed by atoms with Gasteiger partial charge < -0.3 is 0 Å². The molecule has 0 aliphatic carbocycles. The van der Waals surface area contributed by atoms with E-state index in [1.54, 1.807) is 0 Å². The molecule has 0 aliphatic rings. The molecule has 0 amide bonds. The summed E-state index contributed by atoms with van der Waals surface area (Å²) in [6, 6.07) is 8.05. The van der Waals surface area contributed by atoms with Crippen molar-refractivity contribution in [3.63, 3.8) is 0 Å². The standard InChI is InChI=1S/C12H13N.C2H2/c1-4-10-6-8-11(9-7-10)12(5-2)13-3;1-2/h4-9H,1,3H2,2H3;1-2H/b12-5-;. The van der Waals surface area contributed by atoms with Crippen LogP contribution >= 0.6 is 0 Å². The van der Waals surface area contributed by atoms with Gasteiger partial charge in [-0.3, -0.25) is 4.99 Å². The highest BCUT2D eigenvalue weighted by molar-refractivity contribution is 5.68. The van der Waals surface area contributed by atoms with Gasteiger partial charge in [-0.1, -0.05) is 43.0 Å². The highest BCUT2D eigenvalue weighted by Crippen LogP contribution is 2.15. The second kappa shape index (κ2) is 7.34. The molecule has 0 N–H and O–H groups in total. The molecule has 1 aromatic rings. The van der Waals surface area contributed by atoms with Gasteiger partial charge >= 0.3 is 0 Å². The monoisotopic (exact) mass is 197 g/mol. The van der Waals surface area contributed by atoms with Crippen LogP contribution in [-0.2, 0) is 0 Å². The summed E-state index contributed by atoms with van der Waals surface area (Å²) < 4.78 is 0. The van der Waals surface area contributed by atoms with E-state index in [2.05, 4.69) is 31.1 Å². The SMILES string of the molecule is C#C.C=Cc1ccc(/C(=C/C)N=C)cc1. The van der Waals surface area contributed by atoms with E-state index in [0.29, 0.717) is 0 Å². The Morgan fingerprint density at radius 3 is 2.13 bits per heavy atom. The molecule has 0 saturated heterocycles. The van der Waals surface area contributed by atoms with Gasteiger partial charge in [-0.25, -0.2) is 0 Å². The molecular weight excluding hydrogens is 182 g/mol. The maximum atomic E-state index is 4.00. The van der Waals surface area contributed by atoms with Crippen molar-refractivity contribution in [2.45, 2.75) is 6.92 Å². The van der Waals surface area contributed by atoms with Crippen molar-refractivity contribution in [2.24, 2.45) is 4.99 Å². The average molecular weight is 197 g/mol. The Kier molecular flexibility index (Phi) is 6.33. The van der Waals surface area contributed by atoms with Crippen LogP contribution in [0.3, 0.4) is 0 Å². The highest BCUT2D eigenvalue weighted by atomic mass is 14.7. The van der Waals surface area contributed by atoms with Crippen molar-refractivity contribution in [1.29, 1.82) is 0 Å². The van der Waals surface area contributed by atoms with Crippen LogP contribution in [-0.4, -0.2) is 6.72 Å². The first-order valence-corrected chi connectivity index (χ1v) is 4.51. The van der Waals surface area contributed by atoms with Crippen LogP contribution < -0.4 is 0 Å². The molecule has 1 heteroatoms. The number of terminal acetylenes is 1. The normalized spacial score (nSPS) is 9.67. The average Bonchev–Trinajstić information content (AvgIpc) is 2.34. The van der Waals surface area contributed by atoms with Gasteiger partial charge in [0.05, 0.1) is 5.70 Å². The van der Waals surface area contributed by atoms with Crippen LogP contribution in [0.4, 0.5) is 0 Å². The number of hydrogen-bond donors (Lipinski definition) is 0. The Labute approximate surface area is 91.9 Å². The first kappa shape index (κ1) is 12.9. The van der Waals surface area contributed by atoms with Crippen molar-refractivity contribution in [3.05, 3.63) is 48.0 Å². The maximum Gasteiger partial charge on any atom is 0.0652 e. The van der Waals surface area contributed by atoms with Crippen LogP contribution in [0, 0.1) is 12.8 Å². The lowest BCUT2D eigenvalue weighted by Gasteiger charge is -2.00. The minimum Gasteiger partial charge on any atom is -0.264 e. The predicted octanol–water partition coefficient (Wildman–Crippen LogP) is 3.64. The molecule has 1 nitrogen and oxygen atoms in total. The van der Waals surface area contributed by atoms with Crippen molar-refractivity contribution in [3.8, 4) is 12.8 Å². The third-order valence-corrected chi connectivity index (χ3v) is 1.89. The Morgan fingerprint density at radius 1 is 1.27 bits per heavy atom. The largest absolute Gasteiger partial charge is 0.264 e. The van der Waals surface area contributed by atoms with Crippen LogP contribution in [0.1, 0.15) is 18.1 Å². The van der Waals surface area contributed by atoms with Gasteiger partial charge in [0, 0.05) is 0 Å². The molecule has 0 atom stereocenters. The topological polar surface area (TPSA) is 12.4 Å². The first-order chi connectivity index (χ1) is 7.31. The molecule has 15 heavy (non-hydrogen) atoms. The summed E-state index contributed by atoms with van der Waals surface area (Å²) in [6.45, 7) is 9.16. The highest BCUT2D eigenvalue weighted by Gasteiger charge is 1.95. The predicted molar refractivity (Wildman–Crippen MR) is 69.6 cm³/mol. The van der Waals surface area contributed by atoms with E-state index in [0.717, 1.165) is 16.8 Å².